The van der Waals surface area contributed by atoms with Crippen LogP contribution in [0.2, 0.25) is 0 Å². The smallest absolute Gasteiger partial charge is 0.321 e. The lowest BCUT2D eigenvalue weighted by Gasteiger charge is -2.28. The third-order valence-corrected chi connectivity index (χ3v) is 4.15. The van der Waals surface area contributed by atoms with E-state index < -0.39 is 5.97 Å². The monoisotopic (exact) mass is 217 g/mol. The second kappa shape index (κ2) is 5.03. The van der Waals surface area contributed by atoms with Crippen LogP contribution in [0.3, 0.4) is 0 Å². The molecule has 1 atom stereocenters. The second-order valence-corrected chi connectivity index (χ2v) is 5.24. The highest BCUT2D eigenvalue weighted by molar-refractivity contribution is 8.00. The molecule has 0 aliphatic carbocycles. The van der Waals surface area contributed by atoms with Crippen molar-refractivity contribution < 1.29 is 9.90 Å². The van der Waals surface area contributed by atoms with Gasteiger partial charge in [-0.25, -0.2) is 0 Å². The summed E-state index contributed by atoms with van der Waals surface area (Å²) in [7, 11) is 0. The lowest BCUT2D eigenvalue weighted by atomic mass is 10.1. The zero-order chi connectivity index (χ0) is 10.6. The van der Waals surface area contributed by atoms with Gasteiger partial charge in [-0.3, -0.25) is 10.1 Å². The molecule has 0 aromatic rings. The topological polar surface area (TPSA) is 49.3 Å². The van der Waals surface area contributed by atoms with E-state index >= 15 is 0 Å². The van der Waals surface area contributed by atoms with Gasteiger partial charge in [0.1, 0.15) is 6.04 Å². The third kappa shape index (κ3) is 2.64. The van der Waals surface area contributed by atoms with Crippen molar-refractivity contribution in [3.63, 3.8) is 0 Å². The zero-order valence-corrected chi connectivity index (χ0v) is 9.69. The lowest BCUT2D eigenvalue weighted by molar-refractivity contribution is -0.138. The minimum Gasteiger partial charge on any atom is -0.480 e. The van der Waals surface area contributed by atoms with Gasteiger partial charge in [0.15, 0.2) is 0 Å². The Morgan fingerprint density at radius 1 is 1.50 bits per heavy atom. The fourth-order valence-corrected chi connectivity index (χ4v) is 3.63. The molecule has 4 heteroatoms. The van der Waals surface area contributed by atoms with E-state index in [2.05, 4.69) is 19.2 Å². The van der Waals surface area contributed by atoms with Crippen molar-refractivity contribution in [1.82, 2.24) is 5.32 Å². The summed E-state index contributed by atoms with van der Waals surface area (Å²) in [6.45, 7) is 4.29. The number of aliphatic carboxylic acids is 1. The molecule has 1 aliphatic heterocycles. The van der Waals surface area contributed by atoms with Crippen molar-refractivity contribution in [1.29, 1.82) is 0 Å². The summed E-state index contributed by atoms with van der Waals surface area (Å²) in [4.78, 5) is 10.9. The maximum atomic E-state index is 10.8. The summed E-state index contributed by atoms with van der Waals surface area (Å²) in [5.41, 5.74) is 0. The van der Waals surface area contributed by atoms with E-state index in [-0.39, 0.29) is 10.9 Å². The molecule has 0 aromatic carbocycles. The van der Waals surface area contributed by atoms with Gasteiger partial charge in [0.05, 0.1) is 4.87 Å². The molecule has 1 heterocycles. The molecular formula is C10H19NO2S. The van der Waals surface area contributed by atoms with Crippen molar-refractivity contribution in [2.45, 2.75) is 50.4 Å². The Morgan fingerprint density at radius 2 is 2.07 bits per heavy atom. The highest BCUT2D eigenvalue weighted by Crippen LogP contribution is 2.38. The van der Waals surface area contributed by atoms with Gasteiger partial charge in [0, 0.05) is 5.75 Å². The summed E-state index contributed by atoms with van der Waals surface area (Å²) < 4.78 is 0. The molecule has 1 rings (SSSR count). The number of rotatable bonds is 5. The molecule has 0 spiro atoms. The predicted octanol–water partition coefficient (Wildman–Crippen LogP) is 2.07. The zero-order valence-electron chi connectivity index (χ0n) is 8.88. The summed E-state index contributed by atoms with van der Waals surface area (Å²) in [5.74, 6) is -0.0124. The predicted molar refractivity (Wildman–Crippen MR) is 59.6 cm³/mol. The molecule has 3 nitrogen and oxygen atoms in total. The van der Waals surface area contributed by atoms with Crippen LogP contribution in [0.25, 0.3) is 0 Å². The SMILES string of the molecule is CCCC1(CCC)N[C@@H](C(=O)O)CS1. The molecule has 14 heavy (non-hydrogen) atoms. The Morgan fingerprint density at radius 3 is 2.43 bits per heavy atom. The highest BCUT2D eigenvalue weighted by atomic mass is 32.2. The van der Waals surface area contributed by atoms with E-state index in [1.807, 2.05) is 0 Å². The summed E-state index contributed by atoms with van der Waals surface area (Å²) in [6, 6.07) is -0.349. The normalized spacial score (nSPS) is 25.1. The summed E-state index contributed by atoms with van der Waals surface area (Å²) in [6.07, 6.45) is 4.34. The van der Waals surface area contributed by atoms with Crippen LogP contribution in [-0.4, -0.2) is 27.7 Å². The van der Waals surface area contributed by atoms with E-state index in [0.29, 0.717) is 5.75 Å². The van der Waals surface area contributed by atoms with Gasteiger partial charge in [-0.2, -0.15) is 0 Å². The number of hydrogen-bond donors (Lipinski definition) is 2. The van der Waals surface area contributed by atoms with Gasteiger partial charge >= 0.3 is 5.97 Å². The number of carboxylic acid groups (broad SMARTS) is 1. The number of thioether (sulfide) groups is 1. The van der Waals surface area contributed by atoms with Crippen LogP contribution in [0.5, 0.6) is 0 Å². The first-order valence-corrected chi connectivity index (χ1v) is 6.26. The average Bonchev–Trinajstić information content (AvgIpc) is 2.51. The van der Waals surface area contributed by atoms with E-state index in [1.54, 1.807) is 11.8 Å². The van der Waals surface area contributed by atoms with Gasteiger partial charge in [-0.1, -0.05) is 26.7 Å². The molecule has 0 aromatic heterocycles. The van der Waals surface area contributed by atoms with Gasteiger partial charge in [0.25, 0.3) is 0 Å². The molecule has 1 aliphatic rings. The van der Waals surface area contributed by atoms with Crippen LogP contribution in [0.1, 0.15) is 39.5 Å². The maximum absolute atomic E-state index is 10.8. The van der Waals surface area contributed by atoms with Gasteiger partial charge in [-0.05, 0) is 12.8 Å². The van der Waals surface area contributed by atoms with Gasteiger partial charge < -0.3 is 5.11 Å². The molecule has 0 amide bonds. The van der Waals surface area contributed by atoms with Gasteiger partial charge in [-0.15, -0.1) is 11.8 Å². The Balaban J connectivity index is 2.58. The Bertz CT molecular complexity index is 202. The third-order valence-electron chi connectivity index (χ3n) is 2.57. The van der Waals surface area contributed by atoms with Crippen molar-refractivity contribution in [2.75, 3.05) is 5.75 Å². The molecule has 0 bridgehead atoms. The molecule has 1 saturated heterocycles. The first-order valence-electron chi connectivity index (χ1n) is 5.28. The number of nitrogens with one attached hydrogen (secondary N) is 1. The Kier molecular flexibility index (Phi) is 4.26. The van der Waals surface area contributed by atoms with Crippen LogP contribution in [-0.2, 0) is 4.79 Å². The summed E-state index contributed by atoms with van der Waals surface area (Å²) in [5, 5.41) is 12.2. The molecule has 82 valence electrons. The van der Waals surface area contributed by atoms with Crippen molar-refractivity contribution >= 4 is 17.7 Å². The van der Waals surface area contributed by atoms with Crippen LogP contribution < -0.4 is 5.32 Å². The Hall–Kier alpha value is -0.220. The molecule has 1 fully saturated rings. The largest absolute Gasteiger partial charge is 0.480 e. The van der Waals surface area contributed by atoms with Crippen LogP contribution in [0.15, 0.2) is 0 Å². The molecular weight excluding hydrogens is 198 g/mol. The number of carboxylic acids is 1. The van der Waals surface area contributed by atoms with Crippen molar-refractivity contribution in [2.24, 2.45) is 0 Å². The minimum atomic E-state index is -0.716. The van der Waals surface area contributed by atoms with Crippen molar-refractivity contribution in [3.05, 3.63) is 0 Å². The molecule has 2 N–H and O–H groups in total. The van der Waals surface area contributed by atoms with Crippen LogP contribution >= 0.6 is 11.8 Å². The maximum Gasteiger partial charge on any atom is 0.321 e. The first kappa shape index (κ1) is 11.9. The average molecular weight is 217 g/mol. The fourth-order valence-electron chi connectivity index (χ4n) is 2.00. The molecule has 0 radical (unpaired) electrons. The summed E-state index contributed by atoms with van der Waals surface area (Å²) >= 11 is 1.78. The molecule has 0 saturated carbocycles. The van der Waals surface area contributed by atoms with E-state index in [9.17, 15) is 4.79 Å². The number of carbonyl (C=O) groups is 1. The minimum absolute atomic E-state index is 0.0343. The second-order valence-electron chi connectivity index (χ2n) is 3.84. The molecule has 0 unspecified atom stereocenters. The number of hydrogen-bond acceptors (Lipinski definition) is 3. The quantitative estimate of drug-likeness (QED) is 0.740. The fraction of sp³-hybridized carbons (Fsp3) is 0.900. The Labute approximate surface area is 89.6 Å². The first-order chi connectivity index (χ1) is 6.63. The van der Waals surface area contributed by atoms with E-state index in [4.69, 9.17) is 5.11 Å². The van der Waals surface area contributed by atoms with E-state index in [1.165, 1.54) is 0 Å². The van der Waals surface area contributed by atoms with Crippen molar-refractivity contribution in [3.8, 4) is 0 Å². The van der Waals surface area contributed by atoms with Crippen LogP contribution in [0.4, 0.5) is 0 Å². The standard InChI is InChI=1S/C10H19NO2S/c1-3-5-10(6-4-2)11-8(7-14-10)9(12)13/h8,11H,3-7H2,1-2H3,(H,12,13)/t8-/m1/s1. The van der Waals surface area contributed by atoms with Gasteiger partial charge in [0.2, 0.25) is 0 Å². The van der Waals surface area contributed by atoms with Crippen LogP contribution in [0, 0.1) is 0 Å². The lowest BCUT2D eigenvalue weighted by Crippen LogP contribution is -2.45. The highest BCUT2D eigenvalue weighted by Gasteiger charge is 2.40. The van der Waals surface area contributed by atoms with E-state index in [0.717, 1.165) is 25.7 Å².